The van der Waals surface area contributed by atoms with Crippen LogP contribution in [0.2, 0.25) is 0 Å². The minimum Gasteiger partial charge on any atom is -0.346 e. The van der Waals surface area contributed by atoms with E-state index in [0.717, 1.165) is 25.0 Å². The van der Waals surface area contributed by atoms with E-state index in [-0.39, 0.29) is 0 Å². The lowest BCUT2D eigenvalue weighted by Gasteiger charge is -2.11. The van der Waals surface area contributed by atoms with Crippen LogP contribution in [0.25, 0.3) is 11.0 Å². The largest absolute Gasteiger partial charge is 0.346 e. The second kappa shape index (κ2) is 5.12. The highest BCUT2D eigenvalue weighted by Crippen LogP contribution is 2.17. The van der Waals surface area contributed by atoms with Crippen LogP contribution in [0.1, 0.15) is 25.8 Å². The van der Waals surface area contributed by atoms with Crippen molar-refractivity contribution in [2.45, 2.75) is 32.7 Å². The Bertz CT molecular complexity index is 447. The fraction of sp³-hybridized carbons (Fsp3) is 0.462. The quantitative estimate of drug-likeness (QED) is 0.808. The lowest BCUT2D eigenvalue weighted by molar-refractivity contribution is 0.531. The average molecular weight is 217 g/mol. The van der Waals surface area contributed by atoms with E-state index in [1.807, 2.05) is 12.3 Å². The molecule has 3 nitrogen and oxygen atoms in total. The predicted octanol–water partition coefficient (Wildman–Crippen LogP) is 2.49. The molecule has 1 unspecified atom stereocenters. The van der Waals surface area contributed by atoms with E-state index in [0.29, 0.717) is 6.04 Å². The number of hydrogen-bond donors (Lipinski definition) is 2. The Labute approximate surface area is 96.3 Å². The molecule has 0 spiro atoms. The highest BCUT2D eigenvalue weighted by Gasteiger charge is 2.05. The Morgan fingerprint density at radius 2 is 2.38 bits per heavy atom. The maximum Gasteiger partial charge on any atom is 0.137 e. The van der Waals surface area contributed by atoms with E-state index in [4.69, 9.17) is 0 Å². The molecule has 0 aliphatic rings. The van der Waals surface area contributed by atoms with Crippen molar-refractivity contribution < 1.29 is 0 Å². The van der Waals surface area contributed by atoms with Gasteiger partial charge in [0, 0.05) is 23.8 Å². The molecule has 0 saturated carbocycles. The van der Waals surface area contributed by atoms with Gasteiger partial charge in [0.05, 0.1) is 0 Å². The molecule has 2 rings (SSSR count). The molecule has 0 saturated heterocycles. The van der Waals surface area contributed by atoms with Crippen LogP contribution in [-0.2, 0) is 6.42 Å². The van der Waals surface area contributed by atoms with E-state index in [1.165, 1.54) is 10.9 Å². The van der Waals surface area contributed by atoms with E-state index in [1.54, 1.807) is 0 Å². The fourth-order valence-corrected chi connectivity index (χ4v) is 2.04. The predicted molar refractivity (Wildman–Crippen MR) is 67.6 cm³/mol. The van der Waals surface area contributed by atoms with E-state index < -0.39 is 0 Å². The van der Waals surface area contributed by atoms with Crippen LogP contribution in [0.15, 0.2) is 24.5 Å². The van der Waals surface area contributed by atoms with Crippen molar-refractivity contribution in [3.8, 4) is 0 Å². The minimum atomic E-state index is 0.576. The molecule has 2 N–H and O–H groups in total. The van der Waals surface area contributed by atoms with Gasteiger partial charge in [0.2, 0.25) is 0 Å². The maximum absolute atomic E-state index is 4.29. The lowest BCUT2D eigenvalue weighted by Crippen LogP contribution is -2.25. The SMILES string of the molecule is CCNC(C)CCc1c[nH]c2ncccc12. The molecule has 0 aliphatic heterocycles. The second-order valence-corrected chi connectivity index (χ2v) is 4.21. The van der Waals surface area contributed by atoms with E-state index >= 15 is 0 Å². The Morgan fingerprint density at radius 3 is 3.19 bits per heavy atom. The monoisotopic (exact) mass is 217 g/mol. The fourth-order valence-electron chi connectivity index (χ4n) is 2.04. The summed E-state index contributed by atoms with van der Waals surface area (Å²) in [7, 11) is 0. The second-order valence-electron chi connectivity index (χ2n) is 4.21. The molecule has 0 fully saturated rings. The Hall–Kier alpha value is -1.35. The zero-order valence-corrected chi connectivity index (χ0v) is 9.96. The number of H-pyrrole nitrogens is 1. The first kappa shape index (κ1) is 11.1. The average Bonchev–Trinajstić information content (AvgIpc) is 2.70. The van der Waals surface area contributed by atoms with Crippen molar-refractivity contribution in [1.82, 2.24) is 15.3 Å². The highest BCUT2D eigenvalue weighted by atomic mass is 14.9. The van der Waals surface area contributed by atoms with Crippen molar-refractivity contribution in [3.63, 3.8) is 0 Å². The molecule has 0 amide bonds. The number of pyridine rings is 1. The van der Waals surface area contributed by atoms with Gasteiger partial charge in [-0.3, -0.25) is 0 Å². The number of aromatic amines is 1. The number of fused-ring (bicyclic) bond motifs is 1. The minimum absolute atomic E-state index is 0.576. The molecule has 2 aromatic rings. The number of aryl methyl sites for hydroxylation is 1. The molecule has 86 valence electrons. The summed E-state index contributed by atoms with van der Waals surface area (Å²) in [5.74, 6) is 0. The summed E-state index contributed by atoms with van der Waals surface area (Å²) in [5, 5.41) is 4.69. The van der Waals surface area contributed by atoms with Gasteiger partial charge in [-0.15, -0.1) is 0 Å². The van der Waals surface area contributed by atoms with Crippen LogP contribution < -0.4 is 5.32 Å². The van der Waals surface area contributed by atoms with Crippen LogP contribution >= 0.6 is 0 Å². The number of nitrogens with zero attached hydrogens (tertiary/aromatic N) is 1. The van der Waals surface area contributed by atoms with E-state index in [2.05, 4.69) is 41.4 Å². The van der Waals surface area contributed by atoms with Gasteiger partial charge in [0.15, 0.2) is 0 Å². The standard InChI is InChI=1S/C13H19N3/c1-3-14-10(2)6-7-11-9-16-13-12(11)5-4-8-15-13/h4-5,8-10,14H,3,6-7H2,1-2H3,(H,15,16). The zero-order valence-electron chi connectivity index (χ0n) is 9.96. The maximum atomic E-state index is 4.29. The van der Waals surface area contributed by atoms with E-state index in [9.17, 15) is 0 Å². The molecule has 3 heteroatoms. The number of nitrogens with one attached hydrogen (secondary N) is 2. The van der Waals surface area contributed by atoms with Crippen LogP contribution in [-0.4, -0.2) is 22.6 Å². The molecular formula is C13H19N3. The summed E-state index contributed by atoms with van der Waals surface area (Å²) in [5.41, 5.74) is 2.36. The molecule has 16 heavy (non-hydrogen) atoms. The number of hydrogen-bond acceptors (Lipinski definition) is 2. The summed E-state index contributed by atoms with van der Waals surface area (Å²) in [6.45, 7) is 5.42. The number of rotatable bonds is 5. The summed E-state index contributed by atoms with van der Waals surface area (Å²) < 4.78 is 0. The summed E-state index contributed by atoms with van der Waals surface area (Å²) in [4.78, 5) is 7.51. The Morgan fingerprint density at radius 1 is 1.50 bits per heavy atom. The van der Waals surface area contributed by atoms with Gasteiger partial charge >= 0.3 is 0 Å². The molecule has 0 aromatic carbocycles. The third-order valence-electron chi connectivity index (χ3n) is 2.94. The smallest absolute Gasteiger partial charge is 0.137 e. The summed E-state index contributed by atoms with van der Waals surface area (Å²) >= 11 is 0. The molecule has 2 heterocycles. The van der Waals surface area contributed by atoms with Crippen LogP contribution in [0.3, 0.4) is 0 Å². The van der Waals surface area contributed by atoms with Crippen LogP contribution in [0, 0.1) is 0 Å². The summed E-state index contributed by atoms with van der Waals surface area (Å²) in [6, 6.07) is 4.70. The first-order chi connectivity index (χ1) is 7.81. The van der Waals surface area contributed by atoms with Crippen LogP contribution in [0.4, 0.5) is 0 Å². The molecule has 0 aliphatic carbocycles. The van der Waals surface area contributed by atoms with Gasteiger partial charge < -0.3 is 10.3 Å². The molecular weight excluding hydrogens is 198 g/mol. The lowest BCUT2D eigenvalue weighted by atomic mass is 10.1. The van der Waals surface area contributed by atoms with Crippen molar-refractivity contribution >= 4 is 11.0 Å². The molecule has 2 aromatic heterocycles. The molecule has 0 radical (unpaired) electrons. The van der Waals surface area contributed by atoms with Crippen LogP contribution in [0.5, 0.6) is 0 Å². The van der Waals surface area contributed by atoms with Crippen molar-refractivity contribution in [2.24, 2.45) is 0 Å². The third kappa shape index (κ3) is 2.42. The van der Waals surface area contributed by atoms with Gasteiger partial charge in [-0.05, 0) is 44.0 Å². The molecule has 1 atom stereocenters. The van der Waals surface area contributed by atoms with Crippen molar-refractivity contribution in [2.75, 3.05) is 6.54 Å². The van der Waals surface area contributed by atoms with Gasteiger partial charge in [0.1, 0.15) is 5.65 Å². The number of aromatic nitrogens is 2. The third-order valence-corrected chi connectivity index (χ3v) is 2.94. The highest BCUT2D eigenvalue weighted by molar-refractivity contribution is 5.79. The Balaban J connectivity index is 2.04. The van der Waals surface area contributed by atoms with Crippen molar-refractivity contribution in [3.05, 3.63) is 30.1 Å². The Kier molecular flexibility index (Phi) is 3.57. The van der Waals surface area contributed by atoms with Gasteiger partial charge in [-0.1, -0.05) is 6.92 Å². The first-order valence-electron chi connectivity index (χ1n) is 5.95. The van der Waals surface area contributed by atoms with Gasteiger partial charge in [-0.25, -0.2) is 4.98 Å². The normalized spacial score (nSPS) is 13.1. The van der Waals surface area contributed by atoms with Crippen molar-refractivity contribution in [1.29, 1.82) is 0 Å². The topological polar surface area (TPSA) is 40.7 Å². The van der Waals surface area contributed by atoms with Gasteiger partial charge in [-0.2, -0.15) is 0 Å². The van der Waals surface area contributed by atoms with Gasteiger partial charge in [0.25, 0.3) is 0 Å². The first-order valence-corrected chi connectivity index (χ1v) is 5.95. The zero-order chi connectivity index (χ0) is 11.4. The summed E-state index contributed by atoms with van der Waals surface area (Å²) in [6.07, 6.45) is 6.16. The molecule has 0 bridgehead atoms.